The lowest BCUT2D eigenvalue weighted by atomic mass is 9.89. The minimum atomic E-state index is -1.68. The molecule has 0 saturated carbocycles. The van der Waals surface area contributed by atoms with Crippen LogP contribution in [0.2, 0.25) is 0 Å². The zero-order valence-electron chi connectivity index (χ0n) is 8.74. The van der Waals surface area contributed by atoms with Gasteiger partial charge in [0.15, 0.2) is 0 Å². The molecule has 0 aromatic carbocycles. The molecule has 0 aliphatic rings. The first-order valence-electron chi connectivity index (χ1n) is 4.75. The lowest BCUT2D eigenvalue weighted by Gasteiger charge is -2.17. The Bertz CT molecular complexity index is 357. The Morgan fingerprint density at radius 1 is 1.47 bits per heavy atom. The summed E-state index contributed by atoms with van der Waals surface area (Å²) < 4.78 is 24.5. The summed E-state index contributed by atoms with van der Waals surface area (Å²) in [5.41, 5.74) is 6.30. The van der Waals surface area contributed by atoms with Crippen LogP contribution in [0.1, 0.15) is 25.3 Å². The first kappa shape index (κ1) is 11.6. The molecule has 1 aromatic heterocycles. The number of hydrogen-bond acceptors (Lipinski definition) is 2. The van der Waals surface area contributed by atoms with Gasteiger partial charge in [0.1, 0.15) is 5.82 Å². The van der Waals surface area contributed by atoms with Crippen molar-refractivity contribution in [2.45, 2.75) is 19.8 Å². The molecule has 1 heterocycles. The lowest BCUT2D eigenvalue weighted by Crippen LogP contribution is -2.08. The molecule has 0 aliphatic heterocycles. The minimum absolute atomic E-state index is 0.0537. The van der Waals surface area contributed by atoms with Gasteiger partial charge in [-0.1, -0.05) is 19.9 Å². The van der Waals surface area contributed by atoms with Gasteiger partial charge in [0.2, 0.25) is 0 Å². The third-order valence-corrected chi connectivity index (χ3v) is 2.25. The van der Waals surface area contributed by atoms with Crippen LogP contribution in [0.5, 0.6) is 0 Å². The van der Waals surface area contributed by atoms with Crippen LogP contribution in [0.4, 0.5) is 14.6 Å². The van der Waals surface area contributed by atoms with Gasteiger partial charge < -0.3 is 5.73 Å². The molecule has 0 unspecified atom stereocenters. The molecule has 0 aliphatic carbocycles. The zero-order chi connectivity index (χ0) is 11.4. The van der Waals surface area contributed by atoms with E-state index in [1.54, 1.807) is 18.3 Å². The average Bonchev–Trinajstić information content (AvgIpc) is 2.15. The number of nitrogen functional groups attached to an aromatic ring is 1. The smallest absolute Gasteiger partial charge is 0.266 e. The molecule has 15 heavy (non-hydrogen) atoms. The molecular formula is C11H14F2N2. The van der Waals surface area contributed by atoms with Gasteiger partial charge in [-0.15, -0.1) is 0 Å². The third-order valence-electron chi connectivity index (χ3n) is 2.25. The van der Waals surface area contributed by atoms with Crippen molar-refractivity contribution in [3.05, 3.63) is 36.0 Å². The Hall–Kier alpha value is -1.45. The van der Waals surface area contributed by atoms with Gasteiger partial charge in [0, 0.05) is 17.7 Å². The van der Waals surface area contributed by atoms with E-state index in [-0.39, 0.29) is 11.8 Å². The molecule has 0 fully saturated rings. The van der Waals surface area contributed by atoms with Gasteiger partial charge in [-0.05, 0) is 18.1 Å². The van der Waals surface area contributed by atoms with E-state index in [1.165, 1.54) is 0 Å². The monoisotopic (exact) mass is 212 g/mol. The standard InChI is InChI=1S/C11H14F2N2/c1-7(2)9(6-10(12)13)8-4-3-5-15-11(8)14/h3-7,9H,1-2H3,(H2,14,15)/t9-/m1/s1. The second-order valence-corrected chi connectivity index (χ2v) is 3.70. The largest absolute Gasteiger partial charge is 0.383 e. The Balaban J connectivity index is 3.10. The highest BCUT2D eigenvalue weighted by atomic mass is 19.3. The fraction of sp³-hybridized carbons (Fsp3) is 0.364. The van der Waals surface area contributed by atoms with E-state index >= 15 is 0 Å². The fourth-order valence-electron chi connectivity index (χ4n) is 1.49. The van der Waals surface area contributed by atoms with Crippen molar-refractivity contribution in [2.24, 2.45) is 5.92 Å². The predicted molar refractivity (Wildman–Crippen MR) is 56.5 cm³/mol. The van der Waals surface area contributed by atoms with Gasteiger partial charge in [-0.25, -0.2) is 4.98 Å². The number of aromatic nitrogens is 1. The van der Waals surface area contributed by atoms with Crippen LogP contribution in [-0.2, 0) is 0 Å². The van der Waals surface area contributed by atoms with Crippen LogP contribution < -0.4 is 5.73 Å². The van der Waals surface area contributed by atoms with Crippen molar-refractivity contribution >= 4 is 5.82 Å². The van der Waals surface area contributed by atoms with Crippen molar-refractivity contribution in [3.63, 3.8) is 0 Å². The molecule has 0 bridgehead atoms. The lowest BCUT2D eigenvalue weighted by molar-refractivity contribution is 0.407. The van der Waals surface area contributed by atoms with Crippen molar-refractivity contribution in [2.75, 3.05) is 5.73 Å². The van der Waals surface area contributed by atoms with E-state index in [9.17, 15) is 8.78 Å². The van der Waals surface area contributed by atoms with Gasteiger partial charge in [0.25, 0.3) is 6.08 Å². The van der Waals surface area contributed by atoms with E-state index in [1.807, 2.05) is 13.8 Å². The Kier molecular flexibility index (Phi) is 3.77. The van der Waals surface area contributed by atoms with E-state index in [4.69, 9.17) is 5.73 Å². The highest BCUT2D eigenvalue weighted by Crippen LogP contribution is 2.30. The average molecular weight is 212 g/mol. The van der Waals surface area contributed by atoms with E-state index in [0.717, 1.165) is 6.08 Å². The quantitative estimate of drug-likeness (QED) is 0.835. The number of halogens is 2. The topological polar surface area (TPSA) is 38.9 Å². The molecular weight excluding hydrogens is 198 g/mol. The van der Waals surface area contributed by atoms with Crippen molar-refractivity contribution in [1.29, 1.82) is 0 Å². The van der Waals surface area contributed by atoms with Crippen LogP contribution >= 0.6 is 0 Å². The van der Waals surface area contributed by atoms with Gasteiger partial charge in [-0.3, -0.25) is 0 Å². The van der Waals surface area contributed by atoms with Gasteiger partial charge >= 0.3 is 0 Å². The summed E-state index contributed by atoms with van der Waals surface area (Å²) in [5, 5.41) is 0. The number of allylic oxidation sites excluding steroid dienone is 1. The second-order valence-electron chi connectivity index (χ2n) is 3.70. The SMILES string of the molecule is CC(C)[C@@H](C=C(F)F)c1cccnc1N. The Labute approximate surface area is 87.8 Å². The summed E-state index contributed by atoms with van der Waals surface area (Å²) in [7, 11) is 0. The Morgan fingerprint density at radius 3 is 2.60 bits per heavy atom. The highest BCUT2D eigenvalue weighted by molar-refractivity contribution is 5.43. The minimum Gasteiger partial charge on any atom is -0.383 e. The highest BCUT2D eigenvalue weighted by Gasteiger charge is 2.17. The molecule has 0 spiro atoms. The predicted octanol–water partition coefficient (Wildman–Crippen LogP) is 3.18. The first-order valence-corrected chi connectivity index (χ1v) is 4.75. The second kappa shape index (κ2) is 4.87. The van der Waals surface area contributed by atoms with Gasteiger partial charge in [-0.2, -0.15) is 8.78 Å². The molecule has 82 valence electrons. The molecule has 2 N–H and O–H groups in total. The van der Waals surface area contributed by atoms with Crippen LogP contribution in [0.3, 0.4) is 0 Å². The summed E-state index contributed by atoms with van der Waals surface area (Å²) in [6.45, 7) is 3.74. The van der Waals surface area contributed by atoms with Crippen LogP contribution in [0.25, 0.3) is 0 Å². The number of nitrogens with zero attached hydrogens (tertiary/aromatic N) is 1. The number of nitrogens with two attached hydrogens (primary N) is 1. The molecule has 1 rings (SSSR count). The van der Waals surface area contributed by atoms with Crippen molar-refractivity contribution in [3.8, 4) is 0 Å². The first-order chi connectivity index (χ1) is 7.02. The maximum atomic E-state index is 12.3. The number of anilines is 1. The summed E-state index contributed by atoms with van der Waals surface area (Å²) in [5.74, 6) is -0.0181. The van der Waals surface area contributed by atoms with E-state index in [2.05, 4.69) is 4.98 Å². The molecule has 4 heteroatoms. The Morgan fingerprint density at radius 2 is 2.13 bits per heavy atom. The number of hydrogen-bond donors (Lipinski definition) is 1. The van der Waals surface area contributed by atoms with Crippen molar-refractivity contribution in [1.82, 2.24) is 4.98 Å². The fourth-order valence-corrected chi connectivity index (χ4v) is 1.49. The zero-order valence-corrected chi connectivity index (χ0v) is 8.74. The molecule has 1 aromatic rings. The molecule has 0 amide bonds. The maximum absolute atomic E-state index is 12.3. The van der Waals surface area contributed by atoms with Crippen molar-refractivity contribution < 1.29 is 8.78 Å². The third kappa shape index (κ3) is 3.01. The summed E-state index contributed by atoms with van der Waals surface area (Å²) >= 11 is 0. The molecule has 0 saturated heterocycles. The number of rotatable bonds is 3. The maximum Gasteiger partial charge on any atom is 0.266 e. The molecule has 0 radical (unpaired) electrons. The number of pyridine rings is 1. The van der Waals surface area contributed by atoms with Crippen LogP contribution in [-0.4, -0.2) is 4.98 Å². The summed E-state index contributed by atoms with van der Waals surface area (Å²) in [6, 6.07) is 3.43. The summed E-state index contributed by atoms with van der Waals surface area (Å²) in [6.07, 6.45) is 0.793. The molecule has 1 atom stereocenters. The van der Waals surface area contributed by atoms with E-state index in [0.29, 0.717) is 11.4 Å². The molecule has 2 nitrogen and oxygen atoms in total. The van der Waals surface area contributed by atoms with Gasteiger partial charge in [0.05, 0.1) is 0 Å². The van der Waals surface area contributed by atoms with Crippen LogP contribution in [0, 0.1) is 5.92 Å². The normalized spacial score (nSPS) is 12.6. The van der Waals surface area contributed by atoms with Crippen LogP contribution in [0.15, 0.2) is 30.5 Å². The summed E-state index contributed by atoms with van der Waals surface area (Å²) in [4.78, 5) is 3.89. The van der Waals surface area contributed by atoms with E-state index < -0.39 is 6.08 Å².